The Labute approximate surface area is 97.8 Å². The summed E-state index contributed by atoms with van der Waals surface area (Å²) >= 11 is 0. The van der Waals surface area contributed by atoms with Gasteiger partial charge in [-0.15, -0.1) is 0 Å². The van der Waals surface area contributed by atoms with Crippen molar-refractivity contribution in [2.24, 2.45) is 0 Å². The molecule has 0 aromatic heterocycles. The lowest BCUT2D eigenvalue weighted by atomic mass is 10.1. The van der Waals surface area contributed by atoms with Crippen molar-refractivity contribution in [3.8, 4) is 0 Å². The number of nitrogens with zero attached hydrogens (tertiary/aromatic N) is 1. The van der Waals surface area contributed by atoms with Gasteiger partial charge in [0.05, 0.1) is 6.04 Å². The lowest BCUT2D eigenvalue weighted by Crippen LogP contribution is -2.51. The Hall–Kier alpha value is -0.610. The van der Waals surface area contributed by atoms with Crippen LogP contribution in [0.2, 0.25) is 0 Å². The fourth-order valence-electron chi connectivity index (χ4n) is 2.67. The molecule has 2 rings (SSSR count). The zero-order valence-electron chi connectivity index (χ0n) is 10.2. The van der Waals surface area contributed by atoms with E-state index in [2.05, 4.69) is 22.5 Å². The Balaban J connectivity index is 1.77. The molecule has 0 aromatic carbocycles. The molecule has 0 aliphatic carbocycles. The first-order chi connectivity index (χ1) is 7.79. The van der Waals surface area contributed by atoms with Gasteiger partial charge in [-0.3, -0.25) is 4.79 Å². The van der Waals surface area contributed by atoms with E-state index in [9.17, 15) is 4.79 Å². The Morgan fingerprint density at radius 3 is 3.00 bits per heavy atom. The van der Waals surface area contributed by atoms with Crippen LogP contribution in [0.1, 0.15) is 32.6 Å². The van der Waals surface area contributed by atoms with Crippen molar-refractivity contribution < 1.29 is 4.79 Å². The van der Waals surface area contributed by atoms with E-state index < -0.39 is 0 Å². The Kier molecular flexibility index (Phi) is 4.18. The van der Waals surface area contributed by atoms with Crippen LogP contribution < -0.4 is 10.6 Å². The molecule has 0 bridgehead atoms. The summed E-state index contributed by atoms with van der Waals surface area (Å²) < 4.78 is 0. The number of hydrogen-bond donors (Lipinski definition) is 2. The van der Waals surface area contributed by atoms with Gasteiger partial charge in [-0.25, -0.2) is 0 Å². The molecule has 2 heterocycles. The van der Waals surface area contributed by atoms with E-state index >= 15 is 0 Å². The number of carbonyl (C=O) groups is 1. The highest BCUT2D eigenvalue weighted by atomic mass is 16.2. The van der Waals surface area contributed by atoms with Crippen molar-refractivity contribution in [2.45, 2.75) is 44.7 Å². The van der Waals surface area contributed by atoms with Gasteiger partial charge in [0.25, 0.3) is 0 Å². The number of piperidine rings is 1. The molecule has 2 aliphatic rings. The fourth-order valence-corrected chi connectivity index (χ4v) is 2.67. The molecule has 4 heteroatoms. The molecule has 2 N–H and O–H groups in total. The second-order valence-electron chi connectivity index (χ2n) is 4.89. The van der Waals surface area contributed by atoms with Gasteiger partial charge in [0.15, 0.2) is 0 Å². The normalized spacial score (nSPS) is 31.6. The number of likely N-dealkylation sites (N-methyl/N-ethyl adjacent to an activating group) is 1. The van der Waals surface area contributed by atoms with Crippen LogP contribution in [-0.4, -0.2) is 49.1 Å². The molecule has 1 amide bonds. The molecule has 4 nitrogen and oxygen atoms in total. The third kappa shape index (κ3) is 2.95. The average Bonchev–Trinajstić information content (AvgIpc) is 2.83. The molecule has 16 heavy (non-hydrogen) atoms. The smallest absolute Gasteiger partial charge is 0.237 e. The molecule has 2 aliphatic heterocycles. The summed E-state index contributed by atoms with van der Waals surface area (Å²) in [6.07, 6.45) is 4.46. The van der Waals surface area contributed by atoms with Crippen LogP contribution in [0.5, 0.6) is 0 Å². The van der Waals surface area contributed by atoms with Gasteiger partial charge in [-0.1, -0.05) is 6.92 Å². The quantitative estimate of drug-likeness (QED) is 0.728. The van der Waals surface area contributed by atoms with Crippen LogP contribution in [0.4, 0.5) is 0 Å². The maximum atomic E-state index is 11.9. The van der Waals surface area contributed by atoms with E-state index in [1.165, 1.54) is 13.0 Å². The van der Waals surface area contributed by atoms with Crippen LogP contribution in [0.15, 0.2) is 0 Å². The minimum absolute atomic E-state index is 0.0667. The first-order valence-corrected chi connectivity index (χ1v) is 6.55. The predicted molar refractivity (Wildman–Crippen MR) is 64.3 cm³/mol. The first kappa shape index (κ1) is 11.9. The standard InChI is InChI=1S/C12H23N3O/c1-2-15-8-4-5-10(9-15)14-12(16)11-6-3-7-13-11/h10-11,13H,2-9H2,1H3,(H,14,16)/t10?,11-/m1/s1. The lowest BCUT2D eigenvalue weighted by Gasteiger charge is -2.32. The molecule has 2 atom stereocenters. The SMILES string of the molecule is CCN1CCCC(NC(=O)[C@H]2CCCN2)C1. The number of rotatable bonds is 3. The highest BCUT2D eigenvalue weighted by Crippen LogP contribution is 2.11. The molecular formula is C12H23N3O. The zero-order chi connectivity index (χ0) is 11.4. The second-order valence-corrected chi connectivity index (χ2v) is 4.89. The summed E-state index contributed by atoms with van der Waals surface area (Å²) in [7, 11) is 0. The summed E-state index contributed by atoms with van der Waals surface area (Å²) in [4.78, 5) is 14.3. The molecular weight excluding hydrogens is 202 g/mol. The monoisotopic (exact) mass is 225 g/mol. The van der Waals surface area contributed by atoms with Crippen LogP contribution in [0.25, 0.3) is 0 Å². The molecule has 2 saturated heterocycles. The van der Waals surface area contributed by atoms with Crippen molar-refractivity contribution in [1.29, 1.82) is 0 Å². The van der Waals surface area contributed by atoms with Crippen molar-refractivity contribution in [3.63, 3.8) is 0 Å². The summed E-state index contributed by atoms with van der Waals surface area (Å²) in [6.45, 7) is 6.47. The number of hydrogen-bond acceptors (Lipinski definition) is 3. The highest BCUT2D eigenvalue weighted by molar-refractivity contribution is 5.82. The number of nitrogens with one attached hydrogen (secondary N) is 2. The molecule has 0 radical (unpaired) electrons. The lowest BCUT2D eigenvalue weighted by molar-refractivity contribution is -0.123. The van der Waals surface area contributed by atoms with Gasteiger partial charge in [0, 0.05) is 12.6 Å². The van der Waals surface area contributed by atoms with Crippen molar-refractivity contribution in [3.05, 3.63) is 0 Å². The molecule has 2 fully saturated rings. The predicted octanol–water partition coefficient (Wildman–Crippen LogP) is 0.339. The van der Waals surface area contributed by atoms with Gasteiger partial charge in [-0.05, 0) is 45.3 Å². The Morgan fingerprint density at radius 2 is 2.31 bits per heavy atom. The van der Waals surface area contributed by atoms with Crippen LogP contribution in [-0.2, 0) is 4.79 Å². The maximum Gasteiger partial charge on any atom is 0.237 e. The van der Waals surface area contributed by atoms with E-state index in [1.807, 2.05) is 0 Å². The van der Waals surface area contributed by atoms with Gasteiger partial charge in [-0.2, -0.15) is 0 Å². The average molecular weight is 225 g/mol. The molecule has 0 saturated carbocycles. The Bertz CT molecular complexity index is 238. The summed E-state index contributed by atoms with van der Waals surface area (Å²) in [6, 6.07) is 0.431. The number of likely N-dealkylation sites (tertiary alicyclic amines) is 1. The maximum absolute atomic E-state index is 11.9. The first-order valence-electron chi connectivity index (χ1n) is 6.55. The summed E-state index contributed by atoms with van der Waals surface area (Å²) in [5.74, 6) is 0.209. The Morgan fingerprint density at radius 1 is 1.44 bits per heavy atom. The van der Waals surface area contributed by atoms with E-state index in [0.29, 0.717) is 6.04 Å². The van der Waals surface area contributed by atoms with E-state index in [-0.39, 0.29) is 11.9 Å². The van der Waals surface area contributed by atoms with Gasteiger partial charge < -0.3 is 15.5 Å². The van der Waals surface area contributed by atoms with Crippen LogP contribution in [0.3, 0.4) is 0 Å². The van der Waals surface area contributed by atoms with E-state index in [4.69, 9.17) is 0 Å². The largest absolute Gasteiger partial charge is 0.351 e. The van der Waals surface area contributed by atoms with Crippen LogP contribution >= 0.6 is 0 Å². The third-order valence-electron chi connectivity index (χ3n) is 3.68. The molecule has 0 spiro atoms. The summed E-state index contributed by atoms with van der Waals surface area (Å²) in [5, 5.41) is 6.43. The fraction of sp³-hybridized carbons (Fsp3) is 0.917. The minimum Gasteiger partial charge on any atom is -0.351 e. The number of carbonyl (C=O) groups excluding carboxylic acids is 1. The van der Waals surface area contributed by atoms with Gasteiger partial charge in [0.1, 0.15) is 0 Å². The molecule has 1 unspecified atom stereocenters. The van der Waals surface area contributed by atoms with Crippen LogP contribution in [0, 0.1) is 0 Å². The number of amides is 1. The van der Waals surface area contributed by atoms with Crippen molar-refractivity contribution in [2.75, 3.05) is 26.2 Å². The van der Waals surface area contributed by atoms with Gasteiger partial charge in [0.2, 0.25) is 5.91 Å². The topological polar surface area (TPSA) is 44.4 Å². The van der Waals surface area contributed by atoms with Gasteiger partial charge >= 0.3 is 0 Å². The zero-order valence-corrected chi connectivity index (χ0v) is 10.2. The van der Waals surface area contributed by atoms with Crippen molar-refractivity contribution in [1.82, 2.24) is 15.5 Å². The molecule has 92 valence electrons. The van der Waals surface area contributed by atoms with E-state index in [1.54, 1.807) is 0 Å². The highest BCUT2D eigenvalue weighted by Gasteiger charge is 2.26. The summed E-state index contributed by atoms with van der Waals surface area (Å²) in [5.41, 5.74) is 0. The second kappa shape index (κ2) is 5.64. The van der Waals surface area contributed by atoms with Crippen molar-refractivity contribution >= 4 is 5.91 Å². The van der Waals surface area contributed by atoms with E-state index in [0.717, 1.165) is 38.9 Å². The third-order valence-corrected chi connectivity index (χ3v) is 3.68. The molecule has 0 aromatic rings. The minimum atomic E-state index is 0.0667.